The Bertz CT molecular complexity index is 698. The molecule has 0 aliphatic heterocycles. The van der Waals surface area contributed by atoms with Crippen molar-refractivity contribution in [1.29, 1.82) is 0 Å². The lowest BCUT2D eigenvalue weighted by molar-refractivity contribution is -0.127. The molecule has 2 aromatic rings. The van der Waals surface area contributed by atoms with E-state index in [-0.39, 0.29) is 37.2 Å². The second-order valence-corrected chi connectivity index (χ2v) is 5.50. The number of amides is 3. The number of furan rings is 1. The fourth-order valence-corrected chi connectivity index (χ4v) is 2.28. The molecule has 0 bridgehead atoms. The minimum atomic E-state index is -0.440. The molecule has 0 aliphatic carbocycles. The van der Waals surface area contributed by atoms with Crippen LogP contribution in [0.25, 0.3) is 0 Å². The van der Waals surface area contributed by atoms with Gasteiger partial charge in [0.15, 0.2) is 0 Å². The van der Waals surface area contributed by atoms with E-state index in [1.165, 1.54) is 13.2 Å². The number of rotatable bonds is 8. The van der Waals surface area contributed by atoms with Crippen LogP contribution in [0.1, 0.15) is 30.7 Å². The van der Waals surface area contributed by atoms with E-state index < -0.39 is 6.04 Å². The quantitative estimate of drug-likeness (QED) is 0.672. The maximum Gasteiger partial charge on any atom is 0.239 e. The van der Waals surface area contributed by atoms with Gasteiger partial charge in [0.05, 0.1) is 31.8 Å². The van der Waals surface area contributed by atoms with Crippen molar-refractivity contribution >= 4 is 17.7 Å². The summed E-state index contributed by atoms with van der Waals surface area (Å²) in [5.41, 5.74) is 0.829. The van der Waals surface area contributed by atoms with Crippen LogP contribution >= 0.6 is 0 Å². The van der Waals surface area contributed by atoms with Gasteiger partial charge in [-0.2, -0.15) is 0 Å². The van der Waals surface area contributed by atoms with Gasteiger partial charge < -0.3 is 20.4 Å². The molecule has 0 saturated heterocycles. The van der Waals surface area contributed by atoms with E-state index in [0.29, 0.717) is 5.76 Å². The zero-order chi connectivity index (χ0) is 18.1. The molecule has 0 fully saturated rings. The van der Waals surface area contributed by atoms with Crippen molar-refractivity contribution in [2.75, 3.05) is 6.54 Å². The molecular weight excluding hydrogens is 322 g/mol. The van der Waals surface area contributed by atoms with Crippen LogP contribution in [-0.2, 0) is 20.9 Å². The minimum Gasteiger partial charge on any atom is -0.467 e. The van der Waals surface area contributed by atoms with Crippen molar-refractivity contribution in [1.82, 2.24) is 16.0 Å². The van der Waals surface area contributed by atoms with E-state index in [1.807, 2.05) is 30.3 Å². The molecule has 7 heteroatoms. The van der Waals surface area contributed by atoms with Crippen LogP contribution < -0.4 is 16.0 Å². The third kappa shape index (κ3) is 6.50. The Hall–Kier alpha value is -3.09. The van der Waals surface area contributed by atoms with Crippen LogP contribution in [0, 0.1) is 0 Å². The highest BCUT2D eigenvalue weighted by molar-refractivity contribution is 5.85. The molecule has 1 aromatic carbocycles. The number of carbonyl (C=O) groups excluding carboxylic acids is 3. The number of carbonyl (C=O) groups is 3. The van der Waals surface area contributed by atoms with E-state index in [9.17, 15) is 14.4 Å². The first-order chi connectivity index (χ1) is 12.0. The van der Waals surface area contributed by atoms with Gasteiger partial charge in [0, 0.05) is 6.92 Å². The average molecular weight is 343 g/mol. The molecule has 0 unspecified atom stereocenters. The minimum absolute atomic E-state index is 0.0507. The van der Waals surface area contributed by atoms with Gasteiger partial charge >= 0.3 is 0 Å². The first-order valence-corrected chi connectivity index (χ1v) is 7.92. The predicted octanol–water partition coefficient (Wildman–Crippen LogP) is 1.28. The molecule has 3 amide bonds. The summed E-state index contributed by atoms with van der Waals surface area (Å²) in [6.45, 7) is 1.53. The second-order valence-electron chi connectivity index (χ2n) is 5.50. The zero-order valence-corrected chi connectivity index (χ0v) is 14.0. The van der Waals surface area contributed by atoms with Gasteiger partial charge in [-0.1, -0.05) is 30.3 Å². The molecule has 0 aliphatic rings. The van der Waals surface area contributed by atoms with Crippen LogP contribution in [-0.4, -0.2) is 24.3 Å². The third-order valence-electron chi connectivity index (χ3n) is 3.45. The number of hydrogen-bond donors (Lipinski definition) is 3. The lowest BCUT2D eigenvalue weighted by Gasteiger charge is -2.18. The topological polar surface area (TPSA) is 100 Å². The lowest BCUT2D eigenvalue weighted by atomic mass is 10.0. The van der Waals surface area contributed by atoms with Crippen LogP contribution in [0.4, 0.5) is 0 Å². The Morgan fingerprint density at radius 2 is 1.76 bits per heavy atom. The van der Waals surface area contributed by atoms with E-state index >= 15 is 0 Å². The smallest absolute Gasteiger partial charge is 0.239 e. The highest BCUT2D eigenvalue weighted by Crippen LogP contribution is 2.16. The lowest BCUT2D eigenvalue weighted by Crippen LogP contribution is -2.38. The molecule has 25 heavy (non-hydrogen) atoms. The first-order valence-electron chi connectivity index (χ1n) is 7.92. The van der Waals surface area contributed by atoms with Crippen molar-refractivity contribution in [3.8, 4) is 0 Å². The molecule has 0 saturated carbocycles. The fourth-order valence-electron chi connectivity index (χ4n) is 2.28. The molecule has 1 aromatic heterocycles. The normalized spacial score (nSPS) is 11.4. The van der Waals surface area contributed by atoms with Crippen molar-refractivity contribution in [3.63, 3.8) is 0 Å². The molecule has 0 spiro atoms. The Morgan fingerprint density at radius 3 is 2.40 bits per heavy atom. The van der Waals surface area contributed by atoms with E-state index in [4.69, 9.17) is 4.42 Å². The Morgan fingerprint density at radius 1 is 1.00 bits per heavy atom. The average Bonchev–Trinajstić information content (AvgIpc) is 3.11. The largest absolute Gasteiger partial charge is 0.467 e. The fraction of sp³-hybridized carbons (Fsp3) is 0.278. The highest BCUT2D eigenvalue weighted by atomic mass is 16.3. The van der Waals surface area contributed by atoms with Crippen LogP contribution in [0.3, 0.4) is 0 Å². The number of nitrogens with one attached hydrogen (secondary N) is 3. The first kappa shape index (κ1) is 18.3. The van der Waals surface area contributed by atoms with Crippen molar-refractivity contribution < 1.29 is 18.8 Å². The predicted molar refractivity (Wildman–Crippen MR) is 91.2 cm³/mol. The van der Waals surface area contributed by atoms with Crippen LogP contribution in [0.2, 0.25) is 0 Å². The summed E-state index contributed by atoms with van der Waals surface area (Å²) in [7, 11) is 0. The summed E-state index contributed by atoms with van der Waals surface area (Å²) in [6, 6.07) is 12.2. The van der Waals surface area contributed by atoms with Crippen molar-refractivity contribution in [3.05, 3.63) is 60.1 Å². The van der Waals surface area contributed by atoms with E-state index in [2.05, 4.69) is 16.0 Å². The van der Waals surface area contributed by atoms with Crippen molar-refractivity contribution in [2.24, 2.45) is 0 Å². The summed E-state index contributed by atoms with van der Waals surface area (Å²) in [5, 5.41) is 7.94. The van der Waals surface area contributed by atoms with Gasteiger partial charge in [-0.25, -0.2) is 0 Å². The van der Waals surface area contributed by atoms with Gasteiger partial charge in [-0.05, 0) is 17.7 Å². The monoisotopic (exact) mass is 343 g/mol. The standard InChI is InChI=1S/C18H21N3O4/c1-13(22)21-16(14-6-3-2-4-7-14)10-17(23)20-12-18(24)19-11-15-8-5-9-25-15/h2-9,16H,10-12H2,1H3,(H,19,24)(H,20,23)(H,21,22)/t16-/m1/s1. The highest BCUT2D eigenvalue weighted by Gasteiger charge is 2.17. The summed E-state index contributed by atoms with van der Waals surface area (Å²) in [6.07, 6.45) is 1.57. The van der Waals surface area contributed by atoms with Gasteiger partial charge in [0.25, 0.3) is 0 Å². The second kappa shape index (κ2) is 9.27. The van der Waals surface area contributed by atoms with Crippen LogP contribution in [0.15, 0.2) is 53.1 Å². The molecule has 3 N–H and O–H groups in total. The van der Waals surface area contributed by atoms with Gasteiger partial charge in [-0.15, -0.1) is 0 Å². The Labute approximate surface area is 145 Å². The Balaban J connectivity index is 1.80. The zero-order valence-electron chi connectivity index (χ0n) is 14.0. The molecule has 1 atom stereocenters. The van der Waals surface area contributed by atoms with Gasteiger partial charge in [-0.3, -0.25) is 14.4 Å². The number of benzene rings is 1. The molecule has 7 nitrogen and oxygen atoms in total. The van der Waals surface area contributed by atoms with Gasteiger partial charge in [0.2, 0.25) is 17.7 Å². The Kier molecular flexibility index (Phi) is 6.76. The van der Waals surface area contributed by atoms with Crippen LogP contribution in [0.5, 0.6) is 0 Å². The molecule has 132 valence electrons. The van der Waals surface area contributed by atoms with Gasteiger partial charge in [0.1, 0.15) is 5.76 Å². The molecule has 2 rings (SSSR count). The molecule has 1 heterocycles. The third-order valence-corrected chi connectivity index (χ3v) is 3.45. The summed E-state index contributed by atoms with van der Waals surface area (Å²) >= 11 is 0. The van der Waals surface area contributed by atoms with E-state index in [1.54, 1.807) is 12.1 Å². The molecular formula is C18H21N3O4. The maximum absolute atomic E-state index is 12.1. The van der Waals surface area contributed by atoms with Crippen molar-refractivity contribution in [2.45, 2.75) is 25.9 Å². The number of hydrogen-bond acceptors (Lipinski definition) is 4. The SMILES string of the molecule is CC(=O)N[C@H](CC(=O)NCC(=O)NCc1ccco1)c1ccccc1. The molecule has 0 radical (unpaired) electrons. The maximum atomic E-state index is 12.1. The summed E-state index contributed by atoms with van der Waals surface area (Å²) in [4.78, 5) is 35.2. The summed E-state index contributed by atoms with van der Waals surface area (Å²) in [5.74, 6) is -0.233. The summed E-state index contributed by atoms with van der Waals surface area (Å²) < 4.78 is 5.11. The van der Waals surface area contributed by atoms with E-state index in [0.717, 1.165) is 5.56 Å².